The Balaban J connectivity index is 1.57. The largest absolute Gasteiger partial charge is 0.357 e. The first-order valence-corrected chi connectivity index (χ1v) is 11.1. The quantitative estimate of drug-likeness (QED) is 0.853. The van der Waals surface area contributed by atoms with E-state index in [-0.39, 0.29) is 10.8 Å². The minimum Gasteiger partial charge on any atom is -0.357 e. The third-order valence-electron chi connectivity index (χ3n) is 4.74. The number of aromatic nitrogens is 1. The van der Waals surface area contributed by atoms with Crippen LogP contribution in [0.2, 0.25) is 0 Å². The molecule has 0 radical (unpaired) electrons. The molecule has 1 aliphatic rings. The van der Waals surface area contributed by atoms with Crippen molar-refractivity contribution in [3.05, 3.63) is 53.7 Å². The van der Waals surface area contributed by atoms with Crippen molar-refractivity contribution in [2.75, 3.05) is 24.2 Å². The average Bonchev–Trinajstić information content (AvgIpc) is 2.95. The van der Waals surface area contributed by atoms with Crippen molar-refractivity contribution in [3.8, 4) is 0 Å². The molecule has 1 aromatic heterocycles. The summed E-state index contributed by atoms with van der Waals surface area (Å²) in [5.74, 6) is 0.745. The summed E-state index contributed by atoms with van der Waals surface area (Å²) in [6.45, 7) is 2.47. The number of hydrogen-bond acceptors (Lipinski definition) is 5. The predicted molar refractivity (Wildman–Crippen MR) is 106 cm³/mol. The monoisotopic (exact) mass is 387 g/mol. The number of pyridine rings is 1. The van der Waals surface area contributed by atoms with E-state index in [2.05, 4.69) is 15.2 Å². The third kappa shape index (κ3) is 5.29. The van der Waals surface area contributed by atoms with Crippen LogP contribution in [0.1, 0.15) is 41.6 Å². The van der Waals surface area contributed by atoms with E-state index >= 15 is 0 Å². The van der Waals surface area contributed by atoms with Crippen LogP contribution in [-0.4, -0.2) is 38.7 Å². The van der Waals surface area contributed by atoms with Crippen LogP contribution in [0.5, 0.6) is 0 Å². The summed E-state index contributed by atoms with van der Waals surface area (Å²) in [6.07, 6.45) is 7.92. The average molecular weight is 388 g/mol. The number of rotatable bonds is 5. The fourth-order valence-corrected chi connectivity index (χ4v) is 3.78. The van der Waals surface area contributed by atoms with Gasteiger partial charge in [0.1, 0.15) is 5.82 Å². The van der Waals surface area contributed by atoms with E-state index in [1.165, 1.54) is 49.9 Å². The van der Waals surface area contributed by atoms with Crippen molar-refractivity contribution in [2.45, 2.75) is 37.1 Å². The molecular weight excluding hydrogens is 362 g/mol. The zero-order valence-corrected chi connectivity index (χ0v) is 16.3. The number of carbonyl (C=O) groups excluding carboxylic acids is 1. The maximum Gasteiger partial charge on any atom is 0.251 e. The normalized spacial score (nSPS) is 15.2. The first-order valence-electron chi connectivity index (χ1n) is 9.22. The molecule has 0 atom stereocenters. The highest BCUT2D eigenvalue weighted by Gasteiger charge is 2.12. The molecular formula is C20H25N3O3S. The van der Waals surface area contributed by atoms with Crippen LogP contribution in [0.25, 0.3) is 0 Å². The van der Waals surface area contributed by atoms with Crippen molar-refractivity contribution in [2.24, 2.45) is 0 Å². The highest BCUT2D eigenvalue weighted by atomic mass is 32.2. The SMILES string of the molecule is CS(=O)(=O)c1ccc(C(=O)NCc2ccc(N3CCCCCC3)nc2)cc1. The number of benzene rings is 1. The fraction of sp³-hybridized carbons (Fsp3) is 0.400. The molecule has 144 valence electrons. The molecule has 0 spiro atoms. The molecule has 1 N–H and O–H groups in total. The van der Waals surface area contributed by atoms with Gasteiger partial charge >= 0.3 is 0 Å². The standard InChI is InChI=1S/C20H25N3O3S/c1-27(25,26)18-9-7-17(8-10-18)20(24)22-15-16-6-11-19(21-14-16)23-12-4-2-3-5-13-23/h6-11,14H,2-5,12-13,15H2,1H3,(H,22,24). The highest BCUT2D eigenvalue weighted by Crippen LogP contribution is 2.17. The van der Waals surface area contributed by atoms with Crippen LogP contribution < -0.4 is 10.2 Å². The Morgan fingerprint density at radius 3 is 2.26 bits per heavy atom. The molecule has 0 bridgehead atoms. The zero-order chi connectivity index (χ0) is 19.3. The fourth-order valence-electron chi connectivity index (χ4n) is 3.15. The summed E-state index contributed by atoms with van der Waals surface area (Å²) in [7, 11) is -3.26. The Morgan fingerprint density at radius 2 is 1.70 bits per heavy atom. The molecule has 0 saturated carbocycles. The molecule has 1 aliphatic heterocycles. The minimum atomic E-state index is -3.26. The van der Waals surface area contributed by atoms with Crippen molar-refractivity contribution in [3.63, 3.8) is 0 Å². The van der Waals surface area contributed by atoms with Gasteiger partial charge in [0.2, 0.25) is 0 Å². The van der Waals surface area contributed by atoms with Crippen molar-refractivity contribution < 1.29 is 13.2 Å². The summed E-state index contributed by atoms with van der Waals surface area (Å²) in [5, 5.41) is 2.84. The predicted octanol–water partition coefficient (Wildman–Crippen LogP) is 2.80. The second-order valence-electron chi connectivity index (χ2n) is 6.91. The summed E-state index contributed by atoms with van der Waals surface area (Å²) >= 11 is 0. The molecule has 1 aromatic carbocycles. The van der Waals surface area contributed by atoms with E-state index in [9.17, 15) is 13.2 Å². The molecule has 1 amide bonds. The van der Waals surface area contributed by atoms with Gasteiger partial charge in [0, 0.05) is 37.7 Å². The lowest BCUT2D eigenvalue weighted by Crippen LogP contribution is -2.25. The number of amides is 1. The van der Waals surface area contributed by atoms with Crippen molar-refractivity contribution >= 4 is 21.6 Å². The Bertz CT molecular complexity index is 870. The van der Waals surface area contributed by atoms with Gasteiger partial charge in [-0.15, -0.1) is 0 Å². The zero-order valence-electron chi connectivity index (χ0n) is 15.5. The van der Waals surface area contributed by atoms with Crippen molar-refractivity contribution in [1.82, 2.24) is 10.3 Å². The second kappa shape index (κ2) is 8.52. The Hall–Kier alpha value is -2.41. The lowest BCUT2D eigenvalue weighted by molar-refractivity contribution is 0.0951. The molecule has 0 unspecified atom stereocenters. The molecule has 0 aliphatic carbocycles. The summed E-state index contributed by atoms with van der Waals surface area (Å²) < 4.78 is 22.9. The van der Waals surface area contributed by atoms with E-state index in [0.717, 1.165) is 30.7 Å². The van der Waals surface area contributed by atoms with Gasteiger partial charge < -0.3 is 10.2 Å². The highest BCUT2D eigenvalue weighted by molar-refractivity contribution is 7.90. The van der Waals surface area contributed by atoms with E-state index in [1.807, 2.05) is 12.1 Å². The molecule has 2 heterocycles. The van der Waals surface area contributed by atoms with Gasteiger partial charge in [-0.3, -0.25) is 4.79 Å². The minimum absolute atomic E-state index is 0.201. The van der Waals surface area contributed by atoms with Gasteiger partial charge in [-0.25, -0.2) is 13.4 Å². The van der Waals surface area contributed by atoms with Gasteiger partial charge in [0.05, 0.1) is 4.90 Å². The maximum atomic E-state index is 12.2. The molecule has 3 rings (SSSR count). The number of carbonyl (C=O) groups is 1. The van der Waals surface area contributed by atoms with Crippen molar-refractivity contribution in [1.29, 1.82) is 0 Å². The molecule has 1 saturated heterocycles. The topological polar surface area (TPSA) is 79.4 Å². The van der Waals surface area contributed by atoms with Crippen LogP contribution in [0.3, 0.4) is 0 Å². The Kier molecular flexibility index (Phi) is 6.11. The van der Waals surface area contributed by atoms with E-state index in [0.29, 0.717) is 12.1 Å². The summed E-state index contributed by atoms with van der Waals surface area (Å²) in [5.41, 5.74) is 1.35. The Labute approximate surface area is 160 Å². The van der Waals surface area contributed by atoms with Crippen LogP contribution in [-0.2, 0) is 16.4 Å². The second-order valence-corrected chi connectivity index (χ2v) is 8.92. The third-order valence-corrected chi connectivity index (χ3v) is 5.87. The number of sulfone groups is 1. The first kappa shape index (κ1) is 19.4. The molecule has 2 aromatic rings. The lowest BCUT2D eigenvalue weighted by atomic mass is 10.2. The lowest BCUT2D eigenvalue weighted by Gasteiger charge is -2.21. The van der Waals surface area contributed by atoms with Gasteiger partial charge in [0.15, 0.2) is 9.84 Å². The van der Waals surface area contributed by atoms with E-state index in [1.54, 1.807) is 6.20 Å². The summed E-state index contributed by atoms with van der Waals surface area (Å²) in [4.78, 5) is 19.3. The molecule has 27 heavy (non-hydrogen) atoms. The molecule has 6 nitrogen and oxygen atoms in total. The van der Waals surface area contributed by atoms with Crippen LogP contribution in [0, 0.1) is 0 Å². The number of hydrogen-bond donors (Lipinski definition) is 1. The maximum absolute atomic E-state index is 12.2. The molecule has 7 heteroatoms. The smallest absolute Gasteiger partial charge is 0.251 e. The number of nitrogens with one attached hydrogen (secondary N) is 1. The first-order chi connectivity index (χ1) is 12.9. The van der Waals surface area contributed by atoms with Gasteiger partial charge in [-0.05, 0) is 48.7 Å². The van der Waals surface area contributed by atoms with Gasteiger partial charge in [-0.2, -0.15) is 0 Å². The summed E-state index contributed by atoms with van der Waals surface area (Å²) in [6, 6.07) is 9.93. The number of anilines is 1. The van der Waals surface area contributed by atoms with Crippen LogP contribution in [0.4, 0.5) is 5.82 Å². The van der Waals surface area contributed by atoms with Crippen LogP contribution in [0.15, 0.2) is 47.5 Å². The van der Waals surface area contributed by atoms with Gasteiger partial charge in [-0.1, -0.05) is 18.9 Å². The van der Waals surface area contributed by atoms with Gasteiger partial charge in [0.25, 0.3) is 5.91 Å². The van der Waals surface area contributed by atoms with E-state index in [4.69, 9.17) is 0 Å². The number of nitrogens with zero attached hydrogens (tertiary/aromatic N) is 2. The Morgan fingerprint density at radius 1 is 1.04 bits per heavy atom. The van der Waals surface area contributed by atoms with E-state index < -0.39 is 9.84 Å². The van der Waals surface area contributed by atoms with Crippen LogP contribution >= 0.6 is 0 Å². The molecule has 1 fully saturated rings.